The third-order valence-electron chi connectivity index (χ3n) is 4.42. The van der Waals surface area contributed by atoms with Crippen molar-refractivity contribution in [1.82, 2.24) is 0 Å². The minimum absolute atomic E-state index is 0.186. The van der Waals surface area contributed by atoms with Crippen molar-refractivity contribution in [3.8, 4) is 0 Å². The number of hydrogen-bond acceptors (Lipinski definition) is 1. The van der Waals surface area contributed by atoms with Crippen LogP contribution in [0.1, 0.15) is 0 Å². The van der Waals surface area contributed by atoms with E-state index in [0.717, 1.165) is 0 Å². The second-order valence-electron chi connectivity index (χ2n) is 6.37. The van der Waals surface area contributed by atoms with Crippen LogP contribution in [0.15, 0.2) is 97.1 Å². The summed E-state index contributed by atoms with van der Waals surface area (Å²) in [5, 5.41) is 0. The molecule has 4 aromatic rings. The first-order valence-electron chi connectivity index (χ1n) is 9.11. The zero-order chi connectivity index (χ0) is 19.6. The number of fused-ring (bicyclic) bond motifs is 2. The first kappa shape index (κ1) is 19.7. The molecule has 5 heteroatoms. The first-order chi connectivity index (χ1) is 14.3. The summed E-state index contributed by atoms with van der Waals surface area (Å²) in [5.41, 5.74) is 0. The quantitative estimate of drug-likeness (QED) is 0.220. The Morgan fingerprint density at radius 1 is 0.552 bits per heavy atom. The Bertz CT molecular complexity index is 1100. The van der Waals surface area contributed by atoms with Crippen LogP contribution in [0.25, 0.3) is 0 Å². The third-order valence-corrected chi connectivity index (χ3v) is 17.3. The molecule has 5 rings (SSSR count). The van der Waals surface area contributed by atoms with Crippen molar-refractivity contribution < 1.29 is 3.83 Å². The molecule has 1 aliphatic rings. The van der Waals surface area contributed by atoms with Gasteiger partial charge in [-0.1, -0.05) is 0 Å². The molecule has 0 N–H and O–H groups in total. The topological polar surface area (TPSA) is 17.1 Å². The van der Waals surface area contributed by atoms with Crippen LogP contribution < -0.4 is 35.7 Å². The van der Waals surface area contributed by atoms with Crippen molar-refractivity contribution in [2.75, 3.05) is 0 Å². The average Bonchev–Trinajstić information content (AvgIpc) is 2.75. The Balaban J connectivity index is 1.57. The second kappa shape index (κ2) is 8.86. The summed E-state index contributed by atoms with van der Waals surface area (Å²) in [6, 6.07) is 34.3. The normalized spacial score (nSPS) is 13.0. The van der Waals surface area contributed by atoms with Crippen LogP contribution in [-0.2, 0) is 3.83 Å². The number of hydrogen-bond donors (Lipinski definition) is 0. The molecule has 0 spiro atoms. The molecule has 0 saturated heterocycles. The molecule has 1 heterocycles. The molecule has 4 aromatic carbocycles. The van der Waals surface area contributed by atoms with Crippen LogP contribution in [-0.4, -0.2) is 58.7 Å². The van der Waals surface area contributed by atoms with Crippen molar-refractivity contribution >= 4 is 94.4 Å². The van der Waals surface area contributed by atoms with Crippen LogP contribution in [0.5, 0.6) is 0 Å². The van der Waals surface area contributed by atoms with E-state index in [4.69, 9.17) is 0 Å². The molecule has 1 nitrogen and oxygen atoms in total. The zero-order valence-electron chi connectivity index (χ0n) is 15.3. The molecule has 29 heavy (non-hydrogen) atoms. The van der Waals surface area contributed by atoms with Gasteiger partial charge in [-0.15, -0.1) is 0 Å². The Morgan fingerprint density at radius 2 is 1.00 bits per heavy atom. The molecule has 0 aliphatic carbocycles. The maximum absolute atomic E-state index is 14.0. The molecule has 0 radical (unpaired) electrons. The van der Waals surface area contributed by atoms with E-state index >= 15 is 0 Å². The van der Waals surface area contributed by atoms with Gasteiger partial charge in [-0.25, -0.2) is 0 Å². The van der Waals surface area contributed by atoms with Gasteiger partial charge in [0.15, 0.2) is 0 Å². The van der Waals surface area contributed by atoms with Crippen LogP contribution >= 0.6 is 0 Å². The van der Waals surface area contributed by atoms with E-state index in [9.17, 15) is 3.83 Å². The number of rotatable bonds is 4. The van der Waals surface area contributed by atoms with E-state index in [1.807, 2.05) is 0 Å². The van der Waals surface area contributed by atoms with Gasteiger partial charge < -0.3 is 0 Å². The van der Waals surface area contributed by atoms with E-state index in [0.29, 0.717) is 0 Å². The molecule has 142 valence electrons. The van der Waals surface area contributed by atoms with Gasteiger partial charge in [0.05, 0.1) is 0 Å². The first-order valence-corrected chi connectivity index (χ1v) is 16.7. The molecular formula is C24H16OSe4. The van der Waals surface area contributed by atoms with E-state index < -0.39 is 13.8 Å². The molecule has 0 aromatic heterocycles. The molecule has 1 aliphatic heterocycles. The maximum atomic E-state index is 14.0. The Hall–Kier alpha value is -1.24. The predicted molar refractivity (Wildman–Crippen MR) is 127 cm³/mol. The van der Waals surface area contributed by atoms with Gasteiger partial charge in [-0.2, -0.15) is 0 Å². The van der Waals surface area contributed by atoms with Crippen molar-refractivity contribution in [2.24, 2.45) is 0 Å². The van der Waals surface area contributed by atoms with E-state index in [-0.39, 0.29) is 44.9 Å². The molecule has 0 saturated carbocycles. The zero-order valence-corrected chi connectivity index (χ0v) is 22.1. The molecule has 0 fully saturated rings. The Kier molecular flexibility index (Phi) is 6.02. The van der Waals surface area contributed by atoms with Crippen LogP contribution in [0.2, 0.25) is 0 Å². The third kappa shape index (κ3) is 4.16. The molecular weight excluding hydrogens is 620 g/mol. The van der Waals surface area contributed by atoms with Crippen LogP contribution in [0, 0.1) is 0 Å². The van der Waals surface area contributed by atoms with Crippen molar-refractivity contribution in [1.29, 1.82) is 0 Å². The fourth-order valence-electron chi connectivity index (χ4n) is 3.13. The van der Waals surface area contributed by atoms with E-state index in [1.54, 1.807) is 0 Å². The summed E-state index contributed by atoms with van der Waals surface area (Å²) in [5.74, 6) is 0. The molecule has 0 unspecified atom stereocenters. The van der Waals surface area contributed by atoms with Gasteiger partial charge in [0.2, 0.25) is 0 Å². The summed E-state index contributed by atoms with van der Waals surface area (Å²) < 4.78 is 24.3. The van der Waals surface area contributed by atoms with Crippen LogP contribution in [0.4, 0.5) is 0 Å². The minimum atomic E-state index is -2.29. The number of benzene rings is 4. The van der Waals surface area contributed by atoms with Crippen molar-refractivity contribution in [3.63, 3.8) is 0 Å². The summed E-state index contributed by atoms with van der Waals surface area (Å²) >= 11 is -1.69. The monoisotopic (exact) mass is 640 g/mol. The fraction of sp³-hybridized carbons (Fsp3) is 0. The molecule has 0 bridgehead atoms. The summed E-state index contributed by atoms with van der Waals surface area (Å²) in [4.78, 5) is 0. The average molecular weight is 636 g/mol. The molecule has 0 atom stereocenters. The van der Waals surface area contributed by atoms with Gasteiger partial charge in [-0.05, 0) is 0 Å². The predicted octanol–water partition coefficient (Wildman–Crippen LogP) is -1.50. The summed E-state index contributed by atoms with van der Waals surface area (Å²) in [7, 11) is 0. The summed E-state index contributed by atoms with van der Waals surface area (Å²) in [6.45, 7) is 0. The standard InChI is InChI=1S/C24H16OSe4/c25-29-23-19(26-17-9-3-1-4-10-17)13-7-15-21(23)28-22-16-8-14-20(24(22)29)27-18-11-5-2-6-12-18/h1-16H. The Labute approximate surface area is 193 Å². The fourth-order valence-corrected chi connectivity index (χ4v) is 17.2. The molecule has 0 amide bonds. The summed E-state index contributed by atoms with van der Waals surface area (Å²) in [6.07, 6.45) is 0. The van der Waals surface area contributed by atoms with Crippen molar-refractivity contribution in [3.05, 3.63) is 97.1 Å². The van der Waals surface area contributed by atoms with Crippen LogP contribution in [0.3, 0.4) is 0 Å². The van der Waals surface area contributed by atoms with Crippen molar-refractivity contribution in [2.45, 2.75) is 0 Å². The van der Waals surface area contributed by atoms with Gasteiger partial charge >= 0.3 is 195 Å². The Morgan fingerprint density at radius 3 is 1.45 bits per heavy atom. The van der Waals surface area contributed by atoms with Gasteiger partial charge in [0.25, 0.3) is 0 Å². The second-order valence-corrected chi connectivity index (χ2v) is 16.2. The SMILES string of the molecule is O=[Se]1c2c([Se]c3ccccc3)cccc2[Se]c2cccc([Se]c3ccccc3)c21. The van der Waals surface area contributed by atoms with Gasteiger partial charge in [-0.3, -0.25) is 0 Å². The van der Waals surface area contributed by atoms with Gasteiger partial charge in [0.1, 0.15) is 0 Å². The van der Waals surface area contributed by atoms with E-state index in [1.165, 1.54) is 35.7 Å². The van der Waals surface area contributed by atoms with E-state index in [2.05, 4.69) is 97.1 Å². The van der Waals surface area contributed by atoms with Gasteiger partial charge in [0, 0.05) is 0 Å².